The molecule has 0 fully saturated rings. The Balaban J connectivity index is 0.808. The Kier molecular flexibility index (Phi) is 11.8. The van der Waals surface area contributed by atoms with E-state index in [1.165, 1.54) is 44.1 Å². The van der Waals surface area contributed by atoms with E-state index in [1.807, 2.05) is 53.7 Å². The molecule has 0 N–H and O–H groups in total. The van der Waals surface area contributed by atoms with Crippen LogP contribution < -0.4 is 48.7 Å². The third-order valence-corrected chi connectivity index (χ3v) is 16.9. The molecule has 0 radical (unpaired) electrons. The summed E-state index contributed by atoms with van der Waals surface area (Å²) >= 11 is 0. The second kappa shape index (κ2) is 19.8. The number of anilines is 14. The summed E-state index contributed by atoms with van der Waals surface area (Å²) in [5.41, 5.74) is 21.4. The largest absolute Gasteiger partial charge is 0.457 e. The first-order valence-electron chi connectivity index (χ1n) is 29.8. The Hall–Kier alpha value is -9.16. The van der Waals surface area contributed by atoms with Gasteiger partial charge in [-0.2, -0.15) is 0 Å². The van der Waals surface area contributed by atoms with Crippen molar-refractivity contribution in [3.8, 4) is 23.0 Å². The van der Waals surface area contributed by atoms with Gasteiger partial charge in [0.1, 0.15) is 36.3 Å². The van der Waals surface area contributed by atoms with Crippen LogP contribution in [0.25, 0.3) is 0 Å². The van der Waals surface area contributed by atoms with Crippen LogP contribution in [0.2, 0.25) is 0 Å². The van der Waals surface area contributed by atoms with Crippen LogP contribution >= 0.6 is 0 Å². The SMILES string of the molecule is [2H]C([2H])([2H])N1CN(c2cccc(Oc3cc(N4CN(c5c(C)c(C)c(N6CN(c7cc(Oc8cccc(N9CN(C)c%10cnccc%109)c8)cc(C(C)(C)C)c7)c7ccccc76)c(C)c5C)c5ccccc54)cc(C(C)(C)C)c3)c2)c2ccncc21. The van der Waals surface area contributed by atoms with Crippen molar-refractivity contribution < 1.29 is 13.6 Å². The minimum absolute atomic E-state index is 0.151. The minimum atomic E-state index is -2.33. The van der Waals surface area contributed by atoms with Crippen LogP contribution in [0.15, 0.2) is 170 Å². The van der Waals surface area contributed by atoms with Crippen LogP contribution in [-0.4, -0.2) is 50.7 Å². The summed E-state index contributed by atoms with van der Waals surface area (Å²) in [7, 11) is 2.10. The minimum Gasteiger partial charge on any atom is -0.457 e. The van der Waals surface area contributed by atoms with Crippen LogP contribution in [0.3, 0.4) is 0 Å². The molecule has 13 rings (SSSR count). The molecule has 82 heavy (non-hydrogen) atoms. The predicted molar refractivity (Wildman–Crippen MR) is 339 cm³/mol. The predicted octanol–water partition coefficient (Wildman–Crippen LogP) is 17.5. The van der Waals surface area contributed by atoms with E-state index in [1.54, 1.807) is 12.4 Å². The summed E-state index contributed by atoms with van der Waals surface area (Å²) in [5, 5.41) is 0. The van der Waals surface area contributed by atoms with Gasteiger partial charge in [-0.05, 0) is 157 Å². The monoisotopic (exact) mass is 1090 g/mol. The van der Waals surface area contributed by atoms with Crippen molar-refractivity contribution in [1.82, 2.24) is 9.97 Å². The van der Waals surface area contributed by atoms with E-state index in [-0.39, 0.29) is 17.5 Å². The van der Waals surface area contributed by atoms with Crippen molar-refractivity contribution >= 4 is 79.6 Å². The van der Waals surface area contributed by atoms with E-state index < -0.39 is 6.98 Å². The molecule has 0 atom stereocenters. The van der Waals surface area contributed by atoms with Crippen molar-refractivity contribution in [2.75, 3.05) is 79.9 Å². The highest BCUT2D eigenvalue weighted by atomic mass is 16.5. The number of pyridine rings is 2. The molecule has 0 bridgehead atoms. The molecular formula is C70H72N10O2. The fourth-order valence-corrected chi connectivity index (χ4v) is 12.3. The third-order valence-electron chi connectivity index (χ3n) is 16.9. The summed E-state index contributed by atoms with van der Waals surface area (Å²) < 4.78 is 38.5. The number of rotatable bonds is 10. The summed E-state index contributed by atoms with van der Waals surface area (Å²) in [6, 6.07) is 51.0. The van der Waals surface area contributed by atoms with Crippen molar-refractivity contribution in [1.29, 1.82) is 0 Å². The average molecular weight is 1090 g/mol. The molecule has 6 heterocycles. The number of hydrogen-bond acceptors (Lipinski definition) is 12. The highest BCUT2D eigenvalue weighted by molar-refractivity contribution is 5.94. The molecule has 414 valence electrons. The Morgan fingerprint density at radius 1 is 0.378 bits per heavy atom. The van der Waals surface area contributed by atoms with Crippen LogP contribution in [0.5, 0.6) is 23.0 Å². The van der Waals surface area contributed by atoms with E-state index in [0.29, 0.717) is 30.5 Å². The Morgan fingerprint density at radius 2 is 0.744 bits per heavy atom. The Bertz CT molecular complexity index is 4070. The van der Waals surface area contributed by atoms with E-state index in [0.717, 1.165) is 86.3 Å². The van der Waals surface area contributed by atoms with Gasteiger partial charge in [-0.1, -0.05) is 77.9 Å². The average Bonchev–Trinajstić information content (AvgIpc) is 2.80. The van der Waals surface area contributed by atoms with Gasteiger partial charge in [0.05, 0.1) is 71.2 Å². The van der Waals surface area contributed by atoms with Gasteiger partial charge in [0.2, 0.25) is 0 Å². The molecule has 4 aliphatic heterocycles. The molecule has 0 saturated heterocycles. The van der Waals surface area contributed by atoms with Crippen LogP contribution in [-0.2, 0) is 10.8 Å². The van der Waals surface area contributed by atoms with Gasteiger partial charge in [0.15, 0.2) is 0 Å². The lowest BCUT2D eigenvalue weighted by Crippen LogP contribution is -2.28. The lowest BCUT2D eigenvalue weighted by Gasteiger charge is -2.32. The quantitative estimate of drug-likeness (QED) is 0.131. The first kappa shape index (κ1) is 48.7. The number of fused-ring (bicyclic) bond motifs is 4. The van der Waals surface area contributed by atoms with Gasteiger partial charge in [0, 0.05) is 88.9 Å². The number of para-hydroxylation sites is 4. The molecule has 9 aromatic rings. The summed E-state index contributed by atoms with van der Waals surface area (Å²) in [4.78, 5) is 26.4. The van der Waals surface area contributed by atoms with E-state index in [4.69, 9.17) is 13.6 Å². The number of aromatic nitrogens is 2. The van der Waals surface area contributed by atoms with E-state index in [2.05, 4.69) is 225 Å². The van der Waals surface area contributed by atoms with Gasteiger partial charge in [0.25, 0.3) is 0 Å². The van der Waals surface area contributed by atoms with Crippen molar-refractivity contribution in [3.63, 3.8) is 0 Å². The van der Waals surface area contributed by atoms with E-state index >= 15 is 0 Å². The first-order valence-corrected chi connectivity index (χ1v) is 28.3. The smallest absolute Gasteiger partial charge is 0.129 e. The number of nitrogens with zero attached hydrogens (tertiary/aromatic N) is 10. The van der Waals surface area contributed by atoms with Crippen molar-refractivity contribution in [3.05, 3.63) is 204 Å². The van der Waals surface area contributed by atoms with Gasteiger partial charge < -0.3 is 48.7 Å². The van der Waals surface area contributed by atoms with Gasteiger partial charge in [-0.3, -0.25) is 9.97 Å². The standard InChI is InChI=1S/C70H72N10O2/c1-45-46(2)68(80-44-78(60-24-14-16-26-62(60)80)54-32-50(70(8,9)10)34-58(38-54)82-56-22-18-20-52(36-56)76-42-74(12)66-40-72-30-28-64(66)76)48(4)47(3)67(45)79-43-77(59-23-13-15-25-61(59)79)53-31-49(69(5,6)7)33-57(37-53)81-55-21-17-19-51(35-55)75-41-73(11)65-39-71-29-27-63(65)75/h13-40H,41-44H2,1-12H3/i11D3. The highest BCUT2D eigenvalue weighted by Crippen LogP contribution is 2.53. The van der Waals surface area contributed by atoms with E-state index in [9.17, 15) is 0 Å². The molecule has 0 saturated carbocycles. The van der Waals surface area contributed by atoms with Crippen molar-refractivity contribution in [2.24, 2.45) is 0 Å². The fraction of sp³-hybridized carbons (Fsp3) is 0.257. The first-order chi connectivity index (χ1) is 40.6. The number of benzene rings is 7. The summed E-state index contributed by atoms with van der Waals surface area (Å²) in [6.07, 6.45) is 7.09. The van der Waals surface area contributed by atoms with Gasteiger partial charge in [-0.25, -0.2) is 0 Å². The lowest BCUT2D eigenvalue weighted by molar-refractivity contribution is 0.478. The maximum atomic E-state index is 8.25. The molecule has 0 amide bonds. The zero-order valence-electron chi connectivity index (χ0n) is 51.8. The molecular weight excluding hydrogens is 1010 g/mol. The molecule has 0 aliphatic carbocycles. The zero-order valence-corrected chi connectivity index (χ0v) is 48.8. The summed E-state index contributed by atoms with van der Waals surface area (Å²) in [6.45, 7) is 22.4. The molecule has 4 aliphatic rings. The maximum absolute atomic E-state index is 8.25. The lowest BCUT2D eigenvalue weighted by atomic mass is 9.86. The maximum Gasteiger partial charge on any atom is 0.129 e. The second-order valence-electron chi connectivity index (χ2n) is 24.3. The normalized spacial score (nSPS) is 15.4. The molecule has 2 aromatic heterocycles. The number of hydrogen-bond donors (Lipinski definition) is 0. The van der Waals surface area contributed by atoms with Gasteiger partial charge >= 0.3 is 0 Å². The molecule has 7 aromatic carbocycles. The van der Waals surface area contributed by atoms with Crippen molar-refractivity contribution in [2.45, 2.75) is 80.1 Å². The number of ether oxygens (including phenoxy) is 2. The molecule has 0 unspecified atom stereocenters. The van der Waals surface area contributed by atoms with Crippen LogP contribution in [0, 0.1) is 27.7 Å². The Morgan fingerprint density at radius 3 is 1.16 bits per heavy atom. The highest BCUT2D eigenvalue weighted by Gasteiger charge is 2.36. The van der Waals surface area contributed by atoms with Crippen LogP contribution in [0.1, 0.15) is 79.0 Å². The zero-order chi connectivity index (χ0) is 59.4. The molecule has 12 nitrogen and oxygen atoms in total. The Labute approximate surface area is 487 Å². The van der Waals surface area contributed by atoms with Crippen LogP contribution in [0.4, 0.5) is 79.6 Å². The third kappa shape index (κ3) is 9.10. The molecule has 12 heteroatoms. The topological polar surface area (TPSA) is 70.2 Å². The second-order valence-corrected chi connectivity index (χ2v) is 24.3. The fourth-order valence-electron chi connectivity index (χ4n) is 12.3. The molecule has 0 spiro atoms. The van der Waals surface area contributed by atoms with Gasteiger partial charge in [-0.15, -0.1) is 0 Å². The summed E-state index contributed by atoms with van der Waals surface area (Å²) in [5.74, 6) is 2.92.